The predicted octanol–water partition coefficient (Wildman–Crippen LogP) is 1.21. The molecule has 8 nitrogen and oxygen atoms in total. The van der Waals surface area contributed by atoms with Gasteiger partial charge < -0.3 is 10.1 Å². The van der Waals surface area contributed by atoms with E-state index in [1.54, 1.807) is 11.7 Å². The highest BCUT2D eigenvalue weighted by molar-refractivity contribution is 5.78. The Balaban J connectivity index is 1.51. The lowest BCUT2D eigenvalue weighted by atomic mass is 9.96. The van der Waals surface area contributed by atoms with Gasteiger partial charge in [-0.1, -0.05) is 30.3 Å². The average molecular weight is 402 g/mol. The Bertz CT molecular complexity index is 838. The first-order chi connectivity index (χ1) is 14.1. The molecule has 1 N–H and O–H groups in total. The molecule has 3 rings (SSSR count). The lowest BCUT2D eigenvalue weighted by Gasteiger charge is -2.30. The number of carbonyl (C=O) groups excluding carboxylic acids is 1. The van der Waals surface area contributed by atoms with Crippen molar-refractivity contribution in [2.24, 2.45) is 0 Å². The number of nitrogens with one attached hydrogen (secondary N) is 1. The summed E-state index contributed by atoms with van der Waals surface area (Å²) in [6, 6.07) is 9.92. The minimum atomic E-state index is -0.0673. The van der Waals surface area contributed by atoms with Crippen LogP contribution in [-0.4, -0.2) is 58.5 Å². The molecule has 29 heavy (non-hydrogen) atoms. The second-order valence-corrected chi connectivity index (χ2v) is 7.41. The molecule has 1 amide bonds. The van der Waals surface area contributed by atoms with E-state index < -0.39 is 0 Å². The molecule has 8 heteroatoms. The van der Waals surface area contributed by atoms with E-state index >= 15 is 0 Å². The zero-order valence-corrected chi connectivity index (χ0v) is 17.3. The van der Waals surface area contributed by atoms with Crippen LogP contribution in [0.4, 0.5) is 0 Å². The van der Waals surface area contributed by atoms with E-state index in [0.29, 0.717) is 32.8 Å². The summed E-state index contributed by atoms with van der Waals surface area (Å²) in [5.74, 6) is 1.15. The quantitative estimate of drug-likeness (QED) is 0.683. The molecule has 0 saturated carbocycles. The number of rotatable bonds is 9. The van der Waals surface area contributed by atoms with Crippen molar-refractivity contribution in [2.45, 2.75) is 45.3 Å². The van der Waals surface area contributed by atoms with Crippen molar-refractivity contribution in [2.75, 3.05) is 33.4 Å². The highest BCUT2D eigenvalue weighted by Crippen LogP contribution is 2.26. The maximum atomic E-state index is 12.5. The highest BCUT2D eigenvalue weighted by atomic mass is 16.5. The third-order valence-electron chi connectivity index (χ3n) is 5.43. The summed E-state index contributed by atoms with van der Waals surface area (Å²) in [6.45, 7) is 6.13. The number of piperidine rings is 1. The topological polar surface area (TPSA) is 81.4 Å². The smallest absolute Gasteiger partial charge is 0.345 e. The Hall–Kier alpha value is -2.45. The van der Waals surface area contributed by atoms with Gasteiger partial charge in [-0.05, 0) is 38.4 Å². The monoisotopic (exact) mass is 401 g/mol. The number of hydrogen-bond acceptors (Lipinski definition) is 5. The van der Waals surface area contributed by atoms with Gasteiger partial charge in [-0.2, -0.15) is 5.10 Å². The number of hydrogen-bond donors (Lipinski definition) is 1. The molecule has 0 spiro atoms. The van der Waals surface area contributed by atoms with Crippen molar-refractivity contribution in [3.63, 3.8) is 0 Å². The van der Waals surface area contributed by atoms with Crippen LogP contribution in [0.15, 0.2) is 35.1 Å². The van der Waals surface area contributed by atoms with Gasteiger partial charge in [0.15, 0.2) is 0 Å². The van der Waals surface area contributed by atoms with Crippen LogP contribution >= 0.6 is 0 Å². The fourth-order valence-electron chi connectivity index (χ4n) is 3.79. The van der Waals surface area contributed by atoms with Crippen molar-refractivity contribution in [1.29, 1.82) is 0 Å². The van der Waals surface area contributed by atoms with Crippen molar-refractivity contribution < 1.29 is 9.53 Å². The number of nitrogens with zero attached hydrogens (tertiary/aromatic N) is 4. The summed E-state index contributed by atoms with van der Waals surface area (Å²) in [7, 11) is 1.62. The van der Waals surface area contributed by atoms with E-state index in [-0.39, 0.29) is 17.5 Å². The van der Waals surface area contributed by atoms with Crippen LogP contribution < -0.4 is 11.0 Å². The van der Waals surface area contributed by atoms with Gasteiger partial charge >= 0.3 is 5.69 Å². The van der Waals surface area contributed by atoms with Crippen molar-refractivity contribution >= 4 is 5.91 Å². The Morgan fingerprint density at radius 3 is 2.62 bits per heavy atom. The highest BCUT2D eigenvalue weighted by Gasteiger charge is 2.27. The number of methoxy groups -OCH3 is 1. The van der Waals surface area contributed by atoms with Gasteiger partial charge in [-0.25, -0.2) is 9.48 Å². The summed E-state index contributed by atoms with van der Waals surface area (Å²) in [5.41, 5.74) is 1.03. The van der Waals surface area contributed by atoms with E-state index in [1.807, 2.05) is 37.3 Å². The predicted molar refractivity (Wildman–Crippen MR) is 111 cm³/mol. The molecule has 1 aromatic carbocycles. The molecule has 1 aliphatic heterocycles. The number of amides is 1. The minimum Gasteiger partial charge on any atom is -0.383 e. The average Bonchev–Trinajstić information content (AvgIpc) is 3.07. The zero-order valence-electron chi connectivity index (χ0n) is 17.3. The number of benzene rings is 1. The summed E-state index contributed by atoms with van der Waals surface area (Å²) in [4.78, 5) is 26.9. The van der Waals surface area contributed by atoms with E-state index in [0.717, 1.165) is 37.3 Å². The van der Waals surface area contributed by atoms with Gasteiger partial charge in [0.25, 0.3) is 0 Å². The molecular formula is C21H31N5O3. The number of carbonyl (C=O) groups is 1. The second kappa shape index (κ2) is 10.4. The Kier molecular flexibility index (Phi) is 7.60. The van der Waals surface area contributed by atoms with E-state index in [4.69, 9.17) is 4.74 Å². The van der Waals surface area contributed by atoms with Crippen LogP contribution in [0.25, 0.3) is 0 Å². The SMILES string of the molecule is CCn1c(C2CCN(CC(=O)NCc3ccccc3)CC2)nn(CCOC)c1=O. The minimum absolute atomic E-state index is 0.0432. The Morgan fingerprint density at radius 2 is 1.97 bits per heavy atom. The summed E-state index contributed by atoms with van der Waals surface area (Å²) in [5, 5.41) is 7.56. The number of likely N-dealkylation sites (tertiary alicyclic amines) is 1. The van der Waals surface area contributed by atoms with E-state index in [9.17, 15) is 9.59 Å². The third-order valence-corrected chi connectivity index (χ3v) is 5.43. The Labute approximate surface area is 171 Å². The molecule has 1 fully saturated rings. The summed E-state index contributed by atoms with van der Waals surface area (Å²) >= 11 is 0. The van der Waals surface area contributed by atoms with E-state index in [2.05, 4.69) is 15.3 Å². The van der Waals surface area contributed by atoms with Gasteiger partial charge in [0.1, 0.15) is 5.82 Å². The van der Waals surface area contributed by atoms with Crippen molar-refractivity contribution in [3.05, 3.63) is 52.2 Å². The van der Waals surface area contributed by atoms with Crippen LogP contribution in [-0.2, 0) is 29.2 Å². The molecule has 2 heterocycles. The molecule has 0 aliphatic carbocycles. The van der Waals surface area contributed by atoms with Gasteiger partial charge in [0, 0.05) is 26.1 Å². The van der Waals surface area contributed by atoms with Crippen LogP contribution in [0.5, 0.6) is 0 Å². The van der Waals surface area contributed by atoms with Crippen LogP contribution in [0, 0.1) is 0 Å². The maximum absolute atomic E-state index is 12.5. The second-order valence-electron chi connectivity index (χ2n) is 7.41. The molecule has 0 atom stereocenters. The fraction of sp³-hybridized carbons (Fsp3) is 0.571. The Morgan fingerprint density at radius 1 is 1.24 bits per heavy atom. The lowest BCUT2D eigenvalue weighted by molar-refractivity contribution is -0.122. The summed E-state index contributed by atoms with van der Waals surface area (Å²) < 4.78 is 8.35. The van der Waals surface area contributed by atoms with Crippen molar-refractivity contribution in [3.8, 4) is 0 Å². The van der Waals surface area contributed by atoms with Crippen LogP contribution in [0.3, 0.4) is 0 Å². The first-order valence-corrected chi connectivity index (χ1v) is 10.3. The summed E-state index contributed by atoms with van der Waals surface area (Å²) in [6.07, 6.45) is 1.79. The molecule has 1 saturated heterocycles. The largest absolute Gasteiger partial charge is 0.383 e. The first-order valence-electron chi connectivity index (χ1n) is 10.3. The van der Waals surface area contributed by atoms with Crippen LogP contribution in [0.1, 0.15) is 37.1 Å². The molecule has 1 aromatic heterocycles. The lowest BCUT2D eigenvalue weighted by Crippen LogP contribution is -2.41. The van der Waals surface area contributed by atoms with Gasteiger partial charge in [-0.3, -0.25) is 14.3 Å². The van der Waals surface area contributed by atoms with Crippen molar-refractivity contribution in [1.82, 2.24) is 24.6 Å². The van der Waals surface area contributed by atoms with Gasteiger partial charge in [0.05, 0.1) is 19.7 Å². The molecule has 1 aliphatic rings. The molecule has 0 bridgehead atoms. The first kappa shape index (κ1) is 21.3. The maximum Gasteiger partial charge on any atom is 0.345 e. The van der Waals surface area contributed by atoms with Gasteiger partial charge in [0.2, 0.25) is 5.91 Å². The van der Waals surface area contributed by atoms with Crippen LogP contribution in [0.2, 0.25) is 0 Å². The normalized spacial score (nSPS) is 15.5. The van der Waals surface area contributed by atoms with E-state index in [1.165, 1.54) is 4.68 Å². The molecule has 0 unspecified atom stereocenters. The standard InChI is InChI=1S/C21H31N5O3/c1-3-25-20(23-26(21(25)28)13-14-29-2)18-9-11-24(12-10-18)16-19(27)22-15-17-7-5-4-6-8-17/h4-8,18H,3,9-16H2,1-2H3,(H,22,27). The molecule has 158 valence electrons. The molecule has 0 radical (unpaired) electrons. The molecule has 2 aromatic rings. The van der Waals surface area contributed by atoms with Gasteiger partial charge in [-0.15, -0.1) is 0 Å². The number of ether oxygens (including phenoxy) is 1. The molecular weight excluding hydrogens is 370 g/mol. The number of aromatic nitrogens is 3. The fourth-order valence-corrected chi connectivity index (χ4v) is 3.79. The third kappa shape index (κ3) is 5.55. The zero-order chi connectivity index (χ0) is 20.6.